The zero-order chi connectivity index (χ0) is 20.0. The summed E-state index contributed by atoms with van der Waals surface area (Å²) in [6.45, 7) is 9.53. The molecule has 1 N–H and O–H groups in total. The third-order valence-corrected chi connectivity index (χ3v) is 5.60. The van der Waals surface area contributed by atoms with Gasteiger partial charge < -0.3 is 14.7 Å². The summed E-state index contributed by atoms with van der Waals surface area (Å²) in [6.07, 6.45) is 4.54. The second-order valence-corrected chi connectivity index (χ2v) is 9.33. The molecule has 0 saturated heterocycles. The van der Waals surface area contributed by atoms with Crippen LogP contribution in [0.25, 0.3) is 0 Å². The highest BCUT2D eigenvalue weighted by molar-refractivity contribution is 5.89. The number of urea groups is 1. The molecule has 0 spiro atoms. The molecule has 0 bridgehead atoms. The van der Waals surface area contributed by atoms with E-state index >= 15 is 0 Å². The van der Waals surface area contributed by atoms with Crippen molar-refractivity contribution in [1.29, 1.82) is 0 Å². The molecular formula is C23H38N3O+. The first-order chi connectivity index (χ1) is 12.7. The molecular weight excluding hydrogens is 334 g/mol. The molecule has 1 aliphatic carbocycles. The molecule has 1 aromatic rings. The van der Waals surface area contributed by atoms with Gasteiger partial charge in [-0.15, -0.1) is 0 Å². The minimum Gasteiger partial charge on any atom is -0.331 e. The first kappa shape index (κ1) is 21.5. The van der Waals surface area contributed by atoms with E-state index in [9.17, 15) is 4.79 Å². The third kappa shape index (κ3) is 7.02. The molecule has 0 fully saturated rings. The number of carbonyl (C=O) groups is 1. The van der Waals surface area contributed by atoms with Gasteiger partial charge in [-0.25, -0.2) is 4.79 Å². The van der Waals surface area contributed by atoms with Gasteiger partial charge in [0.25, 0.3) is 0 Å². The van der Waals surface area contributed by atoms with Gasteiger partial charge in [0.1, 0.15) is 0 Å². The van der Waals surface area contributed by atoms with E-state index in [4.69, 9.17) is 0 Å². The fourth-order valence-electron chi connectivity index (χ4n) is 4.15. The molecule has 27 heavy (non-hydrogen) atoms. The highest BCUT2D eigenvalue weighted by Gasteiger charge is 2.30. The summed E-state index contributed by atoms with van der Waals surface area (Å²) < 4.78 is 0.923. The Labute approximate surface area is 165 Å². The number of carbonyl (C=O) groups excluding carboxylic acids is 1. The van der Waals surface area contributed by atoms with Crippen LogP contribution in [0.3, 0.4) is 0 Å². The highest BCUT2D eigenvalue weighted by atomic mass is 16.2. The van der Waals surface area contributed by atoms with Crippen molar-refractivity contribution in [2.45, 2.75) is 33.6 Å². The van der Waals surface area contributed by atoms with E-state index in [1.807, 2.05) is 35.2 Å². The average molecular weight is 373 g/mol. The van der Waals surface area contributed by atoms with Crippen LogP contribution in [0.15, 0.2) is 42.0 Å². The topological polar surface area (TPSA) is 32.3 Å². The lowest BCUT2D eigenvalue weighted by molar-refractivity contribution is -0.870. The van der Waals surface area contributed by atoms with Crippen molar-refractivity contribution >= 4 is 11.7 Å². The molecule has 1 aliphatic rings. The Kier molecular flexibility index (Phi) is 7.49. The largest absolute Gasteiger partial charge is 0.331 e. The van der Waals surface area contributed by atoms with Crippen LogP contribution < -0.4 is 5.32 Å². The first-order valence-corrected chi connectivity index (χ1v) is 10.2. The highest BCUT2D eigenvalue weighted by Crippen LogP contribution is 2.34. The molecule has 0 aromatic heterocycles. The van der Waals surface area contributed by atoms with Gasteiger partial charge in [0, 0.05) is 25.2 Å². The number of rotatable bonds is 7. The third-order valence-electron chi connectivity index (χ3n) is 5.60. The second-order valence-electron chi connectivity index (χ2n) is 9.33. The molecule has 3 atom stereocenters. The zero-order valence-corrected chi connectivity index (χ0v) is 18.0. The summed E-state index contributed by atoms with van der Waals surface area (Å²) in [5.41, 5.74) is 2.34. The van der Waals surface area contributed by atoms with Crippen LogP contribution >= 0.6 is 0 Å². The molecule has 4 nitrogen and oxygen atoms in total. The number of anilines is 1. The van der Waals surface area contributed by atoms with E-state index in [1.165, 1.54) is 5.57 Å². The molecule has 150 valence electrons. The van der Waals surface area contributed by atoms with Crippen molar-refractivity contribution in [1.82, 2.24) is 4.90 Å². The number of para-hydroxylation sites is 1. The maximum atomic E-state index is 13.0. The molecule has 0 unspecified atom stereocenters. The summed E-state index contributed by atoms with van der Waals surface area (Å²) in [5, 5.41) is 3.08. The number of nitrogens with one attached hydrogen (secondary N) is 1. The fraction of sp³-hybridized carbons (Fsp3) is 0.609. The molecule has 2 rings (SSSR count). The van der Waals surface area contributed by atoms with Gasteiger partial charge in [0.15, 0.2) is 0 Å². The number of quaternary nitrogens is 1. The Balaban J connectivity index is 2.07. The molecule has 0 saturated carbocycles. The Hall–Kier alpha value is -1.81. The summed E-state index contributed by atoms with van der Waals surface area (Å²) in [7, 11) is 6.60. The van der Waals surface area contributed by atoms with Crippen molar-refractivity contribution in [3.63, 3.8) is 0 Å². The van der Waals surface area contributed by atoms with Gasteiger partial charge in [-0.2, -0.15) is 0 Å². The lowest BCUT2D eigenvalue weighted by Crippen LogP contribution is -2.44. The van der Waals surface area contributed by atoms with E-state index in [0.717, 1.165) is 42.6 Å². The van der Waals surface area contributed by atoms with E-state index < -0.39 is 0 Å². The van der Waals surface area contributed by atoms with Crippen LogP contribution in [0.4, 0.5) is 10.5 Å². The predicted molar refractivity (Wildman–Crippen MR) is 115 cm³/mol. The quantitative estimate of drug-likeness (QED) is 0.538. The number of benzene rings is 1. The first-order valence-electron chi connectivity index (χ1n) is 10.2. The maximum absolute atomic E-state index is 13.0. The van der Waals surface area contributed by atoms with Gasteiger partial charge in [0.2, 0.25) is 0 Å². The molecule has 4 heteroatoms. The van der Waals surface area contributed by atoms with E-state index in [0.29, 0.717) is 17.8 Å². The Bertz CT molecular complexity index is 633. The van der Waals surface area contributed by atoms with E-state index in [1.54, 1.807) is 0 Å². The minimum atomic E-state index is 0.0216. The molecule has 0 radical (unpaired) electrons. The van der Waals surface area contributed by atoms with Crippen LogP contribution in [-0.2, 0) is 0 Å². The lowest BCUT2D eigenvalue weighted by Gasteiger charge is -2.37. The summed E-state index contributed by atoms with van der Waals surface area (Å²) in [4.78, 5) is 15.1. The zero-order valence-electron chi connectivity index (χ0n) is 18.0. The molecule has 0 aliphatic heterocycles. The Morgan fingerprint density at radius 2 is 1.85 bits per heavy atom. The molecule has 0 heterocycles. The van der Waals surface area contributed by atoms with Crippen LogP contribution in [0.1, 0.15) is 33.6 Å². The number of hydrogen-bond donors (Lipinski definition) is 1. The molecule has 2 amide bonds. The Morgan fingerprint density at radius 1 is 1.19 bits per heavy atom. The maximum Gasteiger partial charge on any atom is 0.321 e. The molecule has 1 aromatic carbocycles. The standard InChI is InChI=1S/C23H37N3O/c1-18-15-19(2)22(20(3)16-18)17-25(13-10-14-26(4,5)6)23(27)24-21-11-8-7-9-12-21/h7-9,11-12,15,19-20,22H,10,13-14,16-17H2,1-6H3/p+1/t19-,20-,22-/m0/s1. The number of nitrogens with zero attached hydrogens (tertiary/aromatic N) is 2. The second kappa shape index (κ2) is 9.41. The van der Waals surface area contributed by atoms with E-state index in [-0.39, 0.29) is 6.03 Å². The Morgan fingerprint density at radius 3 is 2.44 bits per heavy atom. The summed E-state index contributed by atoms with van der Waals surface area (Å²) >= 11 is 0. The minimum absolute atomic E-state index is 0.0216. The van der Waals surface area contributed by atoms with Gasteiger partial charge in [-0.3, -0.25) is 0 Å². The van der Waals surface area contributed by atoms with Crippen molar-refractivity contribution in [2.75, 3.05) is 46.1 Å². The number of allylic oxidation sites excluding steroid dienone is 2. The van der Waals surface area contributed by atoms with Gasteiger partial charge in [-0.1, -0.05) is 43.7 Å². The monoisotopic (exact) mass is 372 g/mol. The summed E-state index contributed by atoms with van der Waals surface area (Å²) in [6, 6.07) is 9.79. The van der Waals surface area contributed by atoms with Gasteiger partial charge in [-0.05, 0) is 43.2 Å². The van der Waals surface area contributed by atoms with Crippen LogP contribution in [0, 0.1) is 17.8 Å². The fourth-order valence-corrected chi connectivity index (χ4v) is 4.15. The van der Waals surface area contributed by atoms with Crippen molar-refractivity contribution in [3.8, 4) is 0 Å². The van der Waals surface area contributed by atoms with E-state index in [2.05, 4.69) is 53.3 Å². The average Bonchev–Trinajstić information content (AvgIpc) is 2.56. The van der Waals surface area contributed by atoms with Gasteiger partial charge in [0.05, 0.1) is 27.7 Å². The predicted octanol–water partition coefficient (Wildman–Crippen LogP) is 4.86. The smallest absolute Gasteiger partial charge is 0.321 e. The number of hydrogen-bond acceptors (Lipinski definition) is 1. The van der Waals surface area contributed by atoms with Gasteiger partial charge >= 0.3 is 6.03 Å². The summed E-state index contributed by atoms with van der Waals surface area (Å²) in [5.74, 6) is 1.63. The normalized spacial score (nSPS) is 22.9. The lowest BCUT2D eigenvalue weighted by atomic mass is 9.75. The van der Waals surface area contributed by atoms with Crippen LogP contribution in [-0.4, -0.2) is 56.2 Å². The van der Waals surface area contributed by atoms with Crippen molar-refractivity contribution in [3.05, 3.63) is 42.0 Å². The van der Waals surface area contributed by atoms with Crippen molar-refractivity contribution < 1.29 is 9.28 Å². The SMILES string of the molecule is CC1=C[C@H](C)[C@H](CN(CCC[N+](C)(C)C)C(=O)Nc2ccccc2)[C@@H](C)C1. The van der Waals surface area contributed by atoms with Crippen LogP contribution in [0.2, 0.25) is 0 Å². The number of amides is 2. The van der Waals surface area contributed by atoms with Crippen LogP contribution in [0.5, 0.6) is 0 Å². The van der Waals surface area contributed by atoms with Crippen molar-refractivity contribution in [2.24, 2.45) is 17.8 Å².